The molecular formula is C27H30N8O2S2. The second-order valence-electron chi connectivity index (χ2n) is 9.89. The summed E-state index contributed by atoms with van der Waals surface area (Å²) in [5.41, 5.74) is 2.54. The first-order valence-electron chi connectivity index (χ1n) is 13.0. The fraction of sp³-hybridized carbons (Fsp3) is 0.407. The number of nitrogens with one attached hydrogen (secondary N) is 2. The molecule has 1 aliphatic carbocycles. The molecule has 4 heterocycles. The Kier molecular flexibility index (Phi) is 8.94. The first kappa shape index (κ1) is 26.9. The third-order valence-corrected chi connectivity index (χ3v) is 8.42. The van der Waals surface area contributed by atoms with Gasteiger partial charge >= 0.3 is 0 Å². The molecule has 0 aliphatic heterocycles. The van der Waals surface area contributed by atoms with Gasteiger partial charge in [0, 0.05) is 36.6 Å². The van der Waals surface area contributed by atoms with E-state index in [2.05, 4.69) is 41.0 Å². The van der Waals surface area contributed by atoms with Gasteiger partial charge in [0.25, 0.3) is 0 Å². The summed E-state index contributed by atoms with van der Waals surface area (Å²) in [4.78, 5) is 33.1. The summed E-state index contributed by atoms with van der Waals surface area (Å²) in [5, 5.41) is 25.6. The fourth-order valence-electron chi connectivity index (χ4n) is 4.76. The molecule has 2 N–H and O–H groups in total. The molecule has 10 nitrogen and oxygen atoms in total. The van der Waals surface area contributed by atoms with Crippen LogP contribution in [0.5, 0.6) is 0 Å². The third-order valence-electron chi connectivity index (χ3n) is 6.70. The quantitative estimate of drug-likeness (QED) is 0.290. The van der Waals surface area contributed by atoms with E-state index in [4.69, 9.17) is 0 Å². The first-order chi connectivity index (χ1) is 19.0. The van der Waals surface area contributed by atoms with E-state index in [-0.39, 0.29) is 24.7 Å². The lowest BCUT2D eigenvalue weighted by Crippen LogP contribution is -2.18. The molecule has 1 fully saturated rings. The van der Waals surface area contributed by atoms with Crippen LogP contribution in [0.2, 0.25) is 0 Å². The molecule has 4 aromatic heterocycles. The number of anilines is 2. The maximum absolute atomic E-state index is 12.4. The molecule has 0 aromatic carbocycles. The number of hydrogen-bond donors (Lipinski definition) is 2. The van der Waals surface area contributed by atoms with Gasteiger partial charge in [-0.05, 0) is 74.3 Å². The van der Waals surface area contributed by atoms with Crippen LogP contribution in [0, 0.1) is 18.8 Å². The fourth-order valence-corrected chi connectivity index (χ4v) is 6.50. The topological polar surface area (TPSA) is 136 Å². The number of nitrogens with zero attached hydrogens (tertiary/aromatic N) is 6. The SMILES string of the molecule is Cc1ccnc(CC(=O)Nc2nnc(CC3CCC(Cc4nnc(NC(=O)Cc5ccccn5)s4)CC3)s2)c1. The Hall–Kier alpha value is -3.64. The van der Waals surface area contributed by atoms with Crippen molar-refractivity contribution >= 4 is 44.8 Å². The normalized spacial score (nSPS) is 17.1. The molecule has 0 spiro atoms. The molecule has 2 amide bonds. The predicted octanol–water partition coefficient (Wildman–Crippen LogP) is 4.44. The molecule has 1 saturated carbocycles. The molecule has 0 bridgehead atoms. The van der Waals surface area contributed by atoms with Gasteiger partial charge in [0.05, 0.1) is 12.8 Å². The second kappa shape index (κ2) is 12.9. The van der Waals surface area contributed by atoms with Crippen LogP contribution < -0.4 is 10.6 Å². The van der Waals surface area contributed by atoms with Gasteiger partial charge < -0.3 is 10.6 Å². The molecule has 1 aliphatic rings. The van der Waals surface area contributed by atoms with Gasteiger partial charge in [-0.3, -0.25) is 19.6 Å². The number of aryl methyl sites for hydroxylation is 1. The molecular weight excluding hydrogens is 532 g/mol. The van der Waals surface area contributed by atoms with E-state index < -0.39 is 0 Å². The zero-order valence-corrected chi connectivity index (χ0v) is 23.3. The molecule has 0 atom stereocenters. The minimum atomic E-state index is -0.139. The van der Waals surface area contributed by atoms with Crippen molar-refractivity contribution in [2.75, 3.05) is 10.6 Å². The van der Waals surface area contributed by atoms with Crippen molar-refractivity contribution in [1.29, 1.82) is 0 Å². The minimum absolute atomic E-state index is 0.135. The zero-order chi connectivity index (χ0) is 27.0. The van der Waals surface area contributed by atoms with Crippen LogP contribution in [0.15, 0.2) is 42.7 Å². The monoisotopic (exact) mass is 562 g/mol. The van der Waals surface area contributed by atoms with E-state index in [1.54, 1.807) is 12.4 Å². The lowest BCUT2D eigenvalue weighted by Gasteiger charge is -2.27. The summed E-state index contributed by atoms with van der Waals surface area (Å²) in [7, 11) is 0. The van der Waals surface area contributed by atoms with E-state index >= 15 is 0 Å². The smallest absolute Gasteiger partial charge is 0.232 e. The number of hydrogen-bond acceptors (Lipinski definition) is 10. The van der Waals surface area contributed by atoms with Crippen molar-refractivity contribution in [3.05, 3.63) is 69.7 Å². The Morgan fingerprint density at radius 1 is 0.769 bits per heavy atom. The number of rotatable bonds is 10. The van der Waals surface area contributed by atoms with Gasteiger partial charge in [-0.15, -0.1) is 20.4 Å². The van der Waals surface area contributed by atoms with Gasteiger partial charge in [0.2, 0.25) is 22.1 Å². The molecule has 0 radical (unpaired) electrons. The van der Waals surface area contributed by atoms with Crippen LogP contribution in [0.25, 0.3) is 0 Å². The summed E-state index contributed by atoms with van der Waals surface area (Å²) in [6.07, 6.45) is 10.1. The summed E-state index contributed by atoms with van der Waals surface area (Å²) in [6.45, 7) is 1.98. The average molecular weight is 563 g/mol. The standard InChI is InChI=1S/C27H30N8O2S2/c1-17-9-11-29-21(12-17)16-23(37)31-27-35-33-25(39-27)14-19-7-5-18(6-8-19)13-24-32-34-26(38-24)30-22(36)15-20-4-2-3-10-28-20/h2-4,9-12,18-19H,5-8,13-16H2,1H3,(H,30,34,36)(H,31,35,37). The van der Waals surface area contributed by atoms with Crippen LogP contribution >= 0.6 is 22.7 Å². The summed E-state index contributed by atoms with van der Waals surface area (Å²) < 4.78 is 0. The van der Waals surface area contributed by atoms with Crippen LogP contribution in [0.1, 0.15) is 52.6 Å². The average Bonchev–Trinajstić information content (AvgIpc) is 3.54. The number of amides is 2. The van der Waals surface area contributed by atoms with Gasteiger partial charge in [-0.25, -0.2) is 0 Å². The van der Waals surface area contributed by atoms with Crippen LogP contribution in [-0.4, -0.2) is 42.2 Å². The Bertz CT molecular complexity index is 1400. The lowest BCUT2D eigenvalue weighted by atomic mass is 9.79. The maximum Gasteiger partial charge on any atom is 0.232 e. The van der Waals surface area contributed by atoms with E-state index in [1.165, 1.54) is 22.7 Å². The number of pyridine rings is 2. The third kappa shape index (κ3) is 8.17. The van der Waals surface area contributed by atoms with Crippen molar-refractivity contribution < 1.29 is 9.59 Å². The van der Waals surface area contributed by atoms with E-state index in [1.807, 2.05) is 37.3 Å². The largest absolute Gasteiger partial charge is 0.300 e. The van der Waals surface area contributed by atoms with E-state index in [0.717, 1.165) is 65.5 Å². The van der Waals surface area contributed by atoms with Crippen molar-refractivity contribution in [2.24, 2.45) is 11.8 Å². The van der Waals surface area contributed by atoms with Crippen LogP contribution in [0.4, 0.5) is 10.3 Å². The number of carbonyl (C=O) groups excluding carboxylic acids is 2. The first-order valence-corrected chi connectivity index (χ1v) is 14.7. The second-order valence-corrected chi connectivity index (χ2v) is 12.0. The van der Waals surface area contributed by atoms with Gasteiger partial charge in [0.15, 0.2) is 0 Å². The highest BCUT2D eigenvalue weighted by Crippen LogP contribution is 2.34. The van der Waals surface area contributed by atoms with Crippen LogP contribution in [0.3, 0.4) is 0 Å². The van der Waals surface area contributed by atoms with Crippen LogP contribution in [-0.2, 0) is 35.3 Å². The molecule has 39 heavy (non-hydrogen) atoms. The van der Waals surface area contributed by atoms with Gasteiger partial charge in [-0.2, -0.15) is 0 Å². The van der Waals surface area contributed by atoms with Gasteiger partial charge in [0.1, 0.15) is 10.0 Å². The van der Waals surface area contributed by atoms with Crippen molar-refractivity contribution in [3.63, 3.8) is 0 Å². The Morgan fingerprint density at radius 3 is 1.87 bits per heavy atom. The van der Waals surface area contributed by atoms with E-state index in [0.29, 0.717) is 22.1 Å². The highest BCUT2D eigenvalue weighted by molar-refractivity contribution is 7.15. The Balaban J connectivity index is 1.03. The molecule has 4 aromatic rings. The van der Waals surface area contributed by atoms with Crippen molar-refractivity contribution in [1.82, 2.24) is 30.4 Å². The predicted molar refractivity (Wildman–Crippen MR) is 151 cm³/mol. The number of carbonyl (C=O) groups is 2. The Labute approximate surface area is 234 Å². The number of aromatic nitrogens is 6. The Morgan fingerprint density at radius 2 is 1.33 bits per heavy atom. The minimum Gasteiger partial charge on any atom is -0.300 e. The van der Waals surface area contributed by atoms with Gasteiger partial charge in [-0.1, -0.05) is 28.7 Å². The molecule has 5 rings (SSSR count). The zero-order valence-electron chi connectivity index (χ0n) is 21.7. The van der Waals surface area contributed by atoms with Crippen molar-refractivity contribution in [3.8, 4) is 0 Å². The molecule has 12 heteroatoms. The van der Waals surface area contributed by atoms with E-state index in [9.17, 15) is 9.59 Å². The molecule has 202 valence electrons. The summed E-state index contributed by atoms with van der Waals surface area (Å²) >= 11 is 2.90. The lowest BCUT2D eigenvalue weighted by molar-refractivity contribution is -0.116. The van der Waals surface area contributed by atoms with Crippen molar-refractivity contribution in [2.45, 2.75) is 58.3 Å². The maximum atomic E-state index is 12.4. The highest BCUT2D eigenvalue weighted by Gasteiger charge is 2.24. The molecule has 0 saturated heterocycles. The molecule has 0 unspecified atom stereocenters. The summed E-state index contributed by atoms with van der Waals surface area (Å²) in [6, 6.07) is 9.34. The summed E-state index contributed by atoms with van der Waals surface area (Å²) in [5.74, 6) is 0.847. The highest BCUT2D eigenvalue weighted by atomic mass is 32.1.